The van der Waals surface area contributed by atoms with E-state index in [0.717, 1.165) is 17.8 Å². The lowest BCUT2D eigenvalue weighted by Gasteiger charge is -2.16. The number of hydrogen-bond donors (Lipinski definition) is 1. The number of aryl methyl sites for hydroxylation is 1. The SMILES string of the molecule is CCn1cc(NC(C)c2cccc(Cl)c2Cl)cn1. The maximum atomic E-state index is 6.19. The zero-order valence-corrected chi connectivity index (χ0v) is 11.8. The molecule has 0 spiro atoms. The Bertz CT molecular complexity index is 537. The van der Waals surface area contributed by atoms with Gasteiger partial charge in [0.2, 0.25) is 0 Å². The van der Waals surface area contributed by atoms with Crippen molar-refractivity contribution >= 4 is 28.9 Å². The van der Waals surface area contributed by atoms with Crippen molar-refractivity contribution in [3.63, 3.8) is 0 Å². The molecule has 1 aromatic carbocycles. The lowest BCUT2D eigenvalue weighted by Crippen LogP contribution is -2.06. The summed E-state index contributed by atoms with van der Waals surface area (Å²) in [7, 11) is 0. The highest BCUT2D eigenvalue weighted by molar-refractivity contribution is 6.42. The molecule has 0 aliphatic heterocycles. The van der Waals surface area contributed by atoms with Crippen LogP contribution in [0, 0.1) is 0 Å². The highest BCUT2D eigenvalue weighted by Gasteiger charge is 2.12. The van der Waals surface area contributed by atoms with Gasteiger partial charge in [-0.15, -0.1) is 0 Å². The van der Waals surface area contributed by atoms with Gasteiger partial charge in [-0.1, -0.05) is 35.3 Å². The van der Waals surface area contributed by atoms with Crippen molar-refractivity contribution in [3.05, 3.63) is 46.2 Å². The summed E-state index contributed by atoms with van der Waals surface area (Å²) in [5.41, 5.74) is 1.95. The number of halogens is 2. The highest BCUT2D eigenvalue weighted by Crippen LogP contribution is 2.31. The molecule has 0 saturated carbocycles. The van der Waals surface area contributed by atoms with Crippen LogP contribution in [0.25, 0.3) is 0 Å². The molecule has 0 saturated heterocycles. The quantitative estimate of drug-likeness (QED) is 0.902. The summed E-state index contributed by atoms with van der Waals surface area (Å²) in [4.78, 5) is 0. The van der Waals surface area contributed by atoms with Crippen LogP contribution in [0.2, 0.25) is 10.0 Å². The third-order valence-electron chi connectivity index (χ3n) is 2.79. The van der Waals surface area contributed by atoms with E-state index in [2.05, 4.69) is 10.4 Å². The molecule has 0 aliphatic carbocycles. The van der Waals surface area contributed by atoms with Gasteiger partial charge in [-0.2, -0.15) is 5.10 Å². The molecule has 0 amide bonds. The molecule has 96 valence electrons. The summed E-state index contributed by atoms with van der Waals surface area (Å²) in [6, 6.07) is 5.73. The highest BCUT2D eigenvalue weighted by atomic mass is 35.5. The minimum Gasteiger partial charge on any atom is -0.376 e. The first-order valence-corrected chi connectivity index (χ1v) is 6.60. The number of anilines is 1. The van der Waals surface area contributed by atoms with Crippen LogP contribution in [0.15, 0.2) is 30.6 Å². The van der Waals surface area contributed by atoms with Crippen molar-refractivity contribution in [2.45, 2.75) is 26.4 Å². The number of aromatic nitrogens is 2. The average Bonchev–Trinajstić information content (AvgIpc) is 2.80. The Hall–Kier alpha value is -1.19. The van der Waals surface area contributed by atoms with Gasteiger partial charge < -0.3 is 5.32 Å². The number of hydrogen-bond acceptors (Lipinski definition) is 2. The van der Waals surface area contributed by atoms with Gasteiger partial charge in [0.15, 0.2) is 0 Å². The Labute approximate surface area is 117 Å². The summed E-state index contributed by atoms with van der Waals surface area (Å²) in [5, 5.41) is 8.75. The third-order valence-corrected chi connectivity index (χ3v) is 3.62. The average molecular weight is 284 g/mol. The van der Waals surface area contributed by atoms with E-state index < -0.39 is 0 Å². The smallest absolute Gasteiger partial charge is 0.0731 e. The Morgan fingerprint density at radius 1 is 1.39 bits per heavy atom. The van der Waals surface area contributed by atoms with Gasteiger partial charge >= 0.3 is 0 Å². The van der Waals surface area contributed by atoms with E-state index >= 15 is 0 Å². The minimum atomic E-state index is 0.0747. The van der Waals surface area contributed by atoms with Crippen LogP contribution in [-0.4, -0.2) is 9.78 Å². The Morgan fingerprint density at radius 2 is 2.17 bits per heavy atom. The molecule has 0 bridgehead atoms. The van der Waals surface area contributed by atoms with E-state index in [1.54, 1.807) is 12.3 Å². The van der Waals surface area contributed by atoms with Crippen molar-refractivity contribution in [3.8, 4) is 0 Å². The van der Waals surface area contributed by atoms with Gasteiger partial charge in [-0.05, 0) is 25.5 Å². The zero-order valence-electron chi connectivity index (χ0n) is 10.3. The molecule has 2 aromatic rings. The van der Waals surface area contributed by atoms with Crippen molar-refractivity contribution in [1.29, 1.82) is 0 Å². The van der Waals surface area contributed by atoms with Crippen molar-refractivity contribution in [2.75, 3.05) is 5.32 Å². The monoisotopic (exact) mass is 283 g/mol. The maximum Gasteiger partial charge on any atom is 0.0731 e. The molecular formula is C13H15Cl2N3. The molecule has 18 heavy (non-hydrogen) atoms. The maximum absolute atomic E-state index is 6.19. The van der Waals surface area contributed by atoms with E-state index in [4.69, 9.17) is 23.2 Å². The number of benzene rings is 1. The number of nitrogens with zero attached hydrogens (tertiary/aromatic N) is 2. The second-order valence-electron chi connectivity index (χ2n) is 4.09. The van der Waals surface area contributed by atoms with Crippen LogP contribution in [0.4, 0.5) is 5.69 Å². The molecule has 1 heterocycles. The molecule has 0 aliphatic rings. The fraction of sp³-hybridized carbons (Fsp3) is 0.308. The summed E-state index contributed by atoms with van der Waals surface area (Å²) in [5.74, 6) is 0. The van der Waals surface area contributed by atoms with Gasteiger partial charge in [0.05, 0.1) is 28.0 Å². The topological polar surface area (TPSA) is 29.9 Å². The largest absolute Gasteiger partial charge is 0.376 e. The predicted octanol–water partition coefficient (Wildman–Crippen LogP) is 4.38. The molecular weight excluding hydrogens is 269 g/mol. The fourth-order valence-corrected chi connectivity index (χ4v) is 2.27. The van der Waals surface area contributed by atoms with Crippen LogP contribution in [-0.2, 0) is 6.54 Å². The molecule has 1 unspecified atom stereocenters. The Morgan fingerprint density at radius 3 is 2.83 bits per heavy atom. The fourth-order valence-electron chi connectivity index (χ4n) is 1.79. The second-order valence-corrected chi connectivity index (χ2v) is 4.88. The van der Waals surface area contributed by atoms with Crippen LogP contribution < -0.4 is 5.32 Å². The molecule has 0 radical (unpaired) electrons. The van der Waals surface area contributed by atoms with Gasteiger partial charge in [0, 0.05) is 12.7 Å². The standard InChI is InChI=1S/C13H15Cl2N3/c1-3-18-8-10(7-16-18)17-9(2)11-5-4-6-12(14)13(11)15/h4-9,17H,3H2,1-2H3. The van der Waals surface area contributed by atoms with Crippen molar-refractivity contribution < 1.29 is 0 Å². The molecule has 5 heteroatoms. The first-order valence-electron chi connectivity index (χ1n) is 5.84. The van der Waals surface area contributed by atoms with Crippen molar-refractivity contribution in [1.82, 2.24) is 9.78 Å². The molecule has 3 nitrogen and oxygen atoms in total. The van der Waals surface area contributed by atoms with Crippen LogP contribution >= 0.6 is 23.2 Å². The molecule has 1 N–H and O–H groups in total. The van der Waals surface area contributed by atoms with Gasteiger partial charge in [-0.25, -0.2) is 0 Å². The Kier molecular flexibility index (Phi) is 4.15. The second kappa shape index (κ2) is 5.63. The van der Waals surface area contributed by atoms with Gasteiger partial charge in [-0.3, -0.25) is 4.68 Å². The van der Waals surface area contributed by atoms with Crippen LogP contribution in [0.3, 0.4) is 0 Å². The zero-order chi connectivity index (χ0) is 13.1. The molecule has 1 atom stereocenters. The molecule has 2 rings (SSSR count). The van der Waals surface area contributed by atoms with E-state index in [9.17, 15) is 0 Å². The first-order chi connectivity index (χ1) is 8.61. The third kappa shape index (κ3) is 2.79. The van der Waals surface area contributed by atoms with Crippen molar-refractivity contribution in [2.24, 2.45) is 0 Å². The minimum absolute atomic E-state index is 0.0747. The summed E-state index contributed by atoms with van der Waals surface area (Å²) in [6.45, 7) is 4.95. The normalized spacial score (nSPS) is 12.4. The number of rotatable bonds is 4. The molecule has 0 fully saturated rings. The van der Waals surface area contributed by atoms with Crippen LogP contribution in [0.5, 0.6) is 0 Å². The summed E-state index contributed by atoms with van der Waals surface area (Å²) < 4.78 is 1.87. The first kappa shape index (κ1) is 13.2. The van der Waals surface area contributed by atoms with E-state index in [0.29, 0.717) is 10.0 Å². The van der Waals surface area contributed by atoms with E-state index in [1.165, 1.54) is 0 Å². The van der Waals surface area contributed by atoms with E-state index in [-0.39, 0.29) is 6.04 Å². The van der Waals surface area contributed by atoms with E-state index in [1.807, 2.05) is 36.9 Å². The number of nitrogens with one attached hydrogen (secondary N) is 1. The van der Waals surface area contributed by atoms with Gasteiger partial charge in [0.1, 0.15) is 0 Å². The molecule has 1 aromatic heterocycles. The summed E-state index contributed by atoms with van der Waals surface area (Å²) >= 11 is 12.2. The predicted molar refractivity (Wildman–Crippen MR) is 76.4 cm³/mol. The summed E-state index contributed by atoms with van der Waals surface area (Å²) in [6.07, 6.45) is 3.77. The van der Waals surface area contributed by atoms with Gasteiger partial charge in [0.25, 0.3) is 0 Å². The lowest BCUT2D eigenvalue weighted by molar-refractivity contribution is 0.660. The van der Waals surface area contributed by atoms with Crippen LogP contribution in [0.1, 0.15) is 25.5 Å². The lowest BCUT2D eigenvalue weighted by atomic mass is 10.1. The Balaban J connectivity index is 2.16.